The van der Waals surface area contributed by atoms with Gasteiger partial charge in [0.2, 0.25) is 5.91 Å². The normalized spacial score (nSPS) is 26.2. The zero-order chi connectivity index (χ0) is 20.9. The van der Waals surface area contributed by atoms with Gasteiger partial charge in [-0.3, -0.25) is 19.9 Å². The number of likely N-dealkylation sites (tertiary alicyclic amines) is 1. The number of hydrogen-bond acceptors (Lipinski definition) is 4. The van der Waals surface area contributed by atoms with Crippen molar-refractivity contribution in [3.05, 3.63) is 35.9 Å². The summed E-state index contributed by atoms with van der Waals surface area (Å²) in [4.78, 5) is 32.7. The number of hydrogen-bond donors (Lipinski definition) is 1. The molecule has 2 aliphatic heterocycles. The molecule has 1 N–H and O–H groups in total. The van der Waals surface area contributed by atoms with Crippen LogP contribution in [0.1, 0.15) is 63.5 Å². The van der Waals surface area contributed by atoms with Crippen molar-refractivity contribution in [1.82, 2.24) is 20.0 Å². The van der Waals surface area contributed by atoms with Gasteiger partial charge in [0.05, 0.1) is 12.2 Å². The molecule has 1 aliphatic carbocycles. The molecule has 4 rings (SSSR count). The molecule has 30 heavy (non-hydrogen) atoms. The monoisotopic (exact) mass is 412 g/mol. The summed E-state index contributed by atoms with van der Waals surface area (Å²) >= 11 is 0. The lowest BCUT2D eigenvalue weighted by Gasteiger charge is -2.51. The molecule has 2 atom stereocenters. The third kappa shape index (κ3) is 4.86. The number of nitrogens with zero attached hydrogens (tertiary/aromatic N) is 3. The molecule has 1 aromatic rings. The Morgan fingerprint density at radius 3 is 2.30 bits per heavy atom. The molecule has 0 spiro atoms. The molecule has 1 saturated carbocycles. The van der Waals surface area contributed by atoms with Gasteiger partial charge in [-0.25, -0.2) is 4.79 Å². The fourth-order valence-electron chi connectivity index (χ4n) is 5.04. The molecule has 3 fully saturated rings. The zero-order valence-corrected chi connectivity index (χ0v) is 18.3. The second-order valence-corrected chi connectivity index (χ2v) is 9.02. The first-order chi connectivity index (χ1) is 14.7. The molecule has 6 nitrogen and oxygen atoms in total. The Morgan fingerprint density at radius 2 is 1.67 bits per heavy atom. The van der Waals surface area contributed by atoms with Crippen molar-refractivity contribution in [2.75, 3.05) is 32.7 Å². The Morgan fingerprint density at radius 1 is 0.967 bits per heavy atom. The van der Waals surface area contributed by atoms with E-state index in [4.69, 9.17) is 0 Å². The Balaban J connectivity index is 1.65. The number of imide groups is 1. The highest BCUT2D eigenvalue weighted by atomic mass is 16.2. The minimum absolute atomic E-state index is 0.0342. The van der Waals surface area contributed by atoms with Gasteiger partial charge < -0.3 is 4.90 Å². The summed E-state index contributed by atoms with van der Waals surface area (Å²) in [5.74, 6) is -0.0685. The van der Waals surface area contributed by atoms with E-state index >= 15 is 0 Å². The van der Waals surface area contributed by atoms with Crippen molar-refractivity contribution < 1.29 is 9.59 Å². The van der Waals surface area contributed by atoms with E-state index in [0.717, 1.165) is 51.0 Å². The van der Waals surface area contributed by atoms with E-state index in [2.05, 4.69) is 46.3 Å². The summed E-state index contributed by atoms with van der Waals surface area (Å²) < 4.78 is 0. The van der Waals surface area contributed by atoms with Gasteiger partial charge in [0, 0.05) is 19.0 Å². The third-order valence-corrected chi connectivity index (χ3v) is 6.73. The van der Waals surface area contributed by atoms with Crippen LogP contribution < -0.4 is 5.32 Å². The van der Waals surface area contributed by atoms with Crippen LogP contribution in [0.25, 0.3) is 0 Å². The predicted molar refractivity (Wildman–Crippen MR) is 118 cm³/mol. The summed E-state index contributed by atoms with van der Waals surface area (Å²) in [5.41, 5.74) is 1.15. The topological polar surface area (TPSA) is 55.9 Å². The quantitative estimate of drug-likeness (QED) is 0.803. The lowest BCUT2D eigenvalue weighted by molar-refractivity contribution is -0.121. The molecular weight excluding hydrogens is 376 g/mol. The first-order valence-corrected chi connectivity index (χ1v) is 11.8. The van der Waals surface area contributed by atoms with E-state index < -0.39 is 0 Å². The number of amides is 3. The second kappa shape index (κ2) is 9.92. The Labute approximate surface area is 180 Å². The van der Waals surface area contributed by atoms with Crippen molar-refractivity contribution in [3.8, 4) is 0 Å². The maximum atomic E-state index is 13.2. The van der Waals surface area contributed by atoms with Gasteiger partial charge in [-0.05, 0) is 57.3 Å². The zero-order valence-electron chi connectivity index (χ0n) is 18.3. The van der Waals surface area contributed by atoms with Crippen LogP contribution in [0.4, 0.5) is 4.79 Å². The van der Waals surface area contributed by atoms with Crippen LogP contribution in [0.15, 0.2) is 30.3 Å². The van der Waals surface area contributed by atoms with Gasteiger partial charge in [0.25, 0.3) is 0 Å². The van der Waals surface area contributed by atoms with Crippen LogP contribution in [0, 0.1) is 5.92 Å². The van der Waals surface area contributed by atoms with E-state index in [1.165, 1.54) is 25.7 Å². The Bertz CT molecular complexity index is 713. The number of carbonyl (C=O) groups is 2. The second-order valence-electron chi connectivity index (χ2n) is 9.02. The summed E-state index contributed by atoms with van der Waals surface area (Å²) in [7, 11) is 0. The fourth-order valence-corrected chi connectivity index (χ4v) is 5.04. The van der Waals surface area contributed by atoms with Crippen LogP contribution in [0.5, 0.6) is 0 Å². The Hall–Kier alpha value is -1.92. The van der Waals surface area contributed by atoms with Crippen LogP contribution in [0.2, 0.25) is 0 Å². The summed E-state index contributed by atoms with van der Waals surface area (Å²) in [5, 5.41) is 2.71. The minimum atomic E-state index is -0.225. The Kier molecular flexibility index (Phi) is 7.05. The third-order valence-electron chi connectivity index (χ3n) is 6.73. The maximum absolute atomic E-state index is 13.2. The van der Waals surface area contributed by atoms with Gasteiger partial charge in [-0.15, -0.1) is 0 Å². The SMILES string of the molecule is CCCN1CCN(C(=O)NC(=O)C2CC2)C(c2ccccc2)C1N1CCCCCC1. The standard InChI is InChI=1S/C24H36N4O2/c1-2-14-26-17-18-28(24(30)25-22(29)20-12-13-20)21(19-10-6-5-7-11-19)23(26)27-15-8-3-4-9-16-27/h5-7,10-11,20-21,23H,2-4,8-9,12-18H2,1H3,(H,25,29,30). The largest absolute Gasteiger partial charge is 0.324 e. The number of nitrogens with one attached hydrogen (secondary N) is 1. The van der Waals surface area contributed by atoms with Crippen LogP contribution in [0.3, 0.4) is 0 Å². The minimum Gasteiger partial charge on any atom is -0.313 e. The molecule has 6 heteroatoms. The molecule has 1 aromatic carbocycles. The van der Waals surface area contributed by atoms with Gasteiger partial charge in [-0.2, -0.15) is 0 Å². The highest BCUT2D eigenvalue weighted by Crippen LogP contribution is 2.35. The molecular formula is C24H36N4O2. The van der Waals surface area contributed by atoms with Crippen molar-refractivity contribution in [3.63, 3.8) is 0 Å². The summed E-state index contributed by atoms with van der Waals surface area (Å²) in [6.07, 6.45) is 8.05. The average Bonchev–Trinajstić information content (AvgIpc) is 3.61. The highest BCUT2D eigenvalue weighted by molar-refractivity contribution is 5.96. The molecule has 0 aromatic heterocycles. The first kappa shape index (κ1) is 21.3. The molecule has 3 aliphatic rings. The fraction of sp³-hybridized carbons (Fsp3) is 0.667. The van der Waals surface area contributed by atoms with Gasteiger partial charge in [-0.1, -0.05) is 50.1 Å². The number of urea groups is 1. The van der Waals surface area contributed by atoms with Crippen molar-refractivity contribution in [2.24, 2.45) is 5.92 Å². The van der Waals surface area contributed by atoms with E-state index in [1.807, 2.05) is 11.0 Å². The predicted octanol–water partition coefficient (Wildman–Crippen LogP) is 3.60. The smallest absolute Gasteiger partial charge is 0.313 e. The highest BCUT2D eigenvalue weighted by Gasteiger charge is 2.43. The summed E-state index contributed by atoms with van der Waals surface area (Å²) in [6.45, 7) is 6.90. The van der Waals surface area contributed by atoms with E-state index in [-0.39, 0.29) is 30.1 Å². The van der Waals surface area contributed by atoms with Crippen molar-refractivity contribution in [1.29, 1.82) is 0 Å². The van der Waals surface area contributed by atoms with Crippen molar-refractivity contribution >= 4 is 11.9 Å². The van der Waals surface area contributed by atoms with Crippen LogP contribution in [-0.4, -0.2) is 65.5 Å². The lowest BCUT2D eigenvalue weighted by atomic mass is 9.97. The summed E-state index contributed by atoms with van der Waals surface area (Å²) in [6, 6.07) is 10.1. The molecule has 0 bridgehead atoms. The van der Waals surface area contributed by atoms with E-state index in [0.29, 0.717) is 6.54 Å². The van der Waals surface area contributed by atoms with Gasteiger partial charge in [0.1, 0.15) is 0 Å². The number of piperazine rings is 1. The van der Waals surface area contributed by atoms with Gasteiger partial charge >= 0.3 is 6.03 Å². The van der Waals surface area contributed by atoms with E-state index in [9.17, 15) is 9.59 Å². The van der Waals surface area contributed by atoms with Crippen LogP contribution in [-0.2, 0) is 4.79 Å². The van der Waals surface area contributed by atoms with Crippen molar-refractivity contribution in [2.45, 2.75) is 64.1 Å². The lowest BCUT2D eigenvalue weighted by Crippen LogP contribution is -2.64. The average molecular weight is 413 g/mol. The van der Waals surface area contributed by atoms with E-state index in [1.54, 1.807) is 0 Å². The maximum Gasteiger partial charge on any atom is 0.324 e. The molecule has 2 heterocycles. The number of benzene rings is 1. The molecule has 164 valence electrons. The van der Waals surface area contributed by atoms with Crippen LogP contribution >= 0.6 is 0 Å². The first-order valence-electron chi connectivity index (χ1n) is 11.8. The van der Waals surface area contributed by atoms with Gasteiger partial charge in [0.15, 0.2) is 0 Å². The number of rotatable bonds is 5. The molecule has 2 unspecified atom stereocenters. The molecule has 2 saturated heterocycles. The number of carbonyl (C=O) groups excluding carboxylic acids is 2. The molecule has 0 radical (unpaired) electrons. The molecule has 3 amide bonds.